The van der Waals surface area contributed by atoms with E-state index >= 15 is 0 Å². The molecule has 2 aromatic carbocycles. The van der Waals surface area contributed by atoms with Crippen LogP contribution in [0.1, 0.15) is 18.4 Å². The monoisotopic (exact) mass is 377 g/mol. The second-order valence-corrected chi connectivity index (χ2v) is 7.40. The third-order valence-electron chi connectivity index (χ3n) is 5.44. The number of hydrogen-bond acceptors (Lipinski definition) is 2. The molecule has 0 N–H and O–H groups in total. The molecule has 0 aliphatic carbocycles. The molecule has 0 radical (unpaired) electrons. The van der Waals surface area contributed by atoms with E-state index in [1.54, 1.807) is 12.1 Å². The van der Waals surface area contributed by atoms with Crippen LogP contribution in [0.5, 0.6) is 0 Å². The predicted molar refractivity (Wildman–Crippen MR) is 107 cm³/mol. The Bertz CT molecular complexity index is 913. The molecule has 0 spiro atoms. The first kappa shape index (κ1) is 18.4. The van der Waals surface area contributed by atoms with Crippen LogP contribution in [-0.4, -0.2) is 33.4 Å². The normalized spacial score (nSPS) is 15.0. The second-order valence-electron chi connectivity index (χ2n) is 7.40. The van der Waals surface area contributed by atoms with Gasteiger partial charge in [0.15, 0.2) is 0 Å². The van der Waals surface area contributed by atoms with Gasteiger partial charge in [-0.3, -0.25) is 4.79 Å². The number of hydrogen-bond donors (Lipinski definition) is 0. The molecule has 0 atom stereocenters. The van der Waals surface area contributed by atoms with Gasteiger partial charge in [0.05, 0.1) is 6.42 Å². The average Bonchev–Trinajstić information content (AvgIpc) is 3.19. The van der Waals surface area contributed by atoms with Crippen molar-refractivity contribution in [2.45, 2.75) is 25.8 Å². The van der Waals surface area contributed by atoms with Crippen LogP contribution in [0.3, 0.4) is 0 Å². The number of likely N-dealkylation sites (tertiary alicyclic amines) is 1. The molecule has 1 aliphatic heterocycles. The highest BCUT2D eigenvalue weighted by molar-refractivity contribution is 5.78. The van der Waals surface area contributed by atoms with Crippen molar-refractivity contribution in [3.05, 3.63) is 78.4 Å². The molecule has 4 nitrogen and oxygen atoms in total. The minimum absolute atomic E-state index is 0.123. The van der Waals surface area contributed by atoms with E-state index in [1.165, 1.54) is 12.1 Å². The van der Waals surface area contributed by atoms with E-state index in [4.69, 9.17) is 0 Å². The number of rotatable bonds is 5. The number of carbonyl (C=O) groups is 1. The molecule has 4 rings (SSSR count). The first-order valence-electron chi connectivity index (χ1n) is 9.78. The lowest BCUT2D eigenvalue weighted by atomic mass is 9.96. The number of nitrogens with zero attached hydrogens (tertiary/aromatic N) is 3. The van der Waals surface area contributed by atoms with Crippen LogP contribution in [0.2, 0.25) is 0 Å². The summed E-state index contributed by atoms with van der Waals surface area (Å²) in [4.78, 5) is 19.0. The van der Waals surface area contributed by atoms with Gasteiger partial charge < -0.3 is 9.47 Å². The summed E-state index contributed by atoms with van der Waals surface area (Å²) in [6, 6.07) is 16.4. The summed E-state index contributed by atoms with van der Waals surface area (Å²) < 4.78 is 15.2. The lowest BCUT2D eigenvalue weighted by Crippen LogP contribution is -2.40. The van der Waals surface area contributed by atoms with E-state index in [0.717, 1.165) is 49.4 Å². The second kappa shape index (κ2) is 8.38. The molecule has 0 bridgehead atoms. The Hall–Kier alpha value is -2.95. The van der Waals surface area contributed by atoms with Gasteiger partial charge in [0.1, 0.15) is 11.6 Å². The average molecular weight is 377 g/mol. The molecule has 1 aliphatic rings. The van der Waals surface area contributed by atoms with Crippen LogP contribution in [0, 0.1) is 11.7 Å². The summed E-state index contributed by atoms with van der Waals surface area (Å²) in [7, 11) is 0. The minimum atomic E-state index is -0.272. The Morgan fingerprint density at radius 1 is 1.04 bits per heavy atom. The summed E-state index contributed by atoms with van der Waals surface area (Å²) in [6.07, 6.45) is 6.20. The van der Waals surface area contributed by atoms with E-state index in [0.29, 0.717) is 12.3 Å². The van der Waals surface area contributed by atoms with E-state index in [9.17, 15) is 9.18 Å². The third-order valence-corrected chi connectivity index (χ3v) is 5.44. The Kier molecular flexibility index (Phi) is 5.51. The van der Waals surface area contributed by atoms with Gasteiger partial charge in [-0.2, -0.15) is 0 Å². The van der Waals surface area contributed by atoms with Crippen LogP contribution >= 0.6 is 0 Å². The first-order chi connectivity index (χ1) is 13.7. The summed E-state index contributed by atoms with van der Waals surface area (Å²) in [5.74, 6) is 1.38. The van der Waals surface area contributed by atoms with E-state index < -0.39 is 0 Å². The molecule has 0 saturated carbocycles. The minimum Gasteiger partial charge on any atom is -0.342 e. The van der Waals surface area contributed by atoms with Crippen LogP contribution in [0.4, 0.5) is 4.39 Å². The van der Waals surface area contributed by atoms with Crippen molar-refractivity contribution in [1.29, 1.82) is 0 Å². The van der Waals surface area contributed by atoms with Crippen LogP contribution in [0.15, 0.2) is 67.0 Å². The van der Waals surface area contributed by atoms with Crippen molar-refractivity contribution in [3.8, 4) is 11.4 Å². The maximum Gasteiger partial charge on any atom is 0.226 e. The van der Waals surface area contributed by atoms with Gasteiger partial charge in [0, 0.05) is 37.6 Å². The Balaban J connectivity index is 1.32. The number of benzene rings is 2. The fourth-order valence-electron chi connectivity index (χ4n) is 3.84. The van der Waals surface area contributed by atoms with Crippen molar-refractivity contribution >= 4 is 5.91 Å². The topological polar surface area (TPSA) is 38.1 Å². The summed E-state index contributed by atoms with van der Waals surface area (Å²) in [5, 5.41) is 0. The molecule has 1 fully saturated rings. The molecule has 28 heavy (non-hydrogen) atoms. The number of carbonyl (C=O) groups excluding carboxylic acids is 1. The van der Waals surface area contributed by atoms with Gasteiger partial charge >= 0.3 is 0 Å². The Morgan fingerprint density at radius 2 is 1.75 bits per heavy atom. The van der Waals surface area contributed by atoms with Gasteiger partial charge in [-0.15, -0.1) is 0 Å². The van der Waals surface area contributed by atoms with Gasteiger partial charge in [-0.05, 0) is 36.5 Å². The highest BCUT2D eigenvalue weighted by Gasteiger charge is 2.23. The zero-order chi connectivity index (χ0) is 19.3. The van der Waals surface area contributed by atoms with Gasteiger partial charge in [0.25, 0.3) is 0 Å². The summed E-state index contributed by atoms with van der Waals surface area (Å²) >= 11 is 0. The van der Waals surface area contributed by atoms with Crippen molar-refractivity contribution in [3.63, 3.8) is 0 Å². The quantitative estimate of drug-likeness (QED) is 0.669. The smallest absolute Gasteiger partial charge is 0.226 e. The molecule has 0 unspecified atom stereocenters. The van der Waals surface area contributed by atoms with Gasteiger partial charge in [0.2, 0.25) is 5.91 Å². The lowest BCUT2D eigenvalue weighted by Gasteiger charge is -2.32. The number of imidazole rings is 1. The number of piperidine rings is 1. The molecule has 3 aromatic rings. The maximum absolute atomic E-state index is 13.0. The van der Waals surface area contributed by atoms with Crippen molar-refractivity contribution in [1.82, 2.24) is 14.5 Å². The van der Waals surface area contributed by atoms with Gasteiger partial charge in [-0.1, -0.05) is 42.5 Å². The summed E-state index contributed by atoms with van der Waals surface area (Å²) in [5.41, 5.74) is 1.99. The molecule has 144 valence electrons. The molecular formula is C23H24FN3O. The fraction of sp³-hybridized carbons (Fsp3) is 0.304. The number of amides is 1. The van der Waals surface area contributed by atoms with Crippen LogP contribution < -0.4 is 0 Å². The molecular weight excluding hydrogens is 353 g/mol. The van der Waals surface area contributed by atoms with Gasteiger partial charge in [-0.25, -0.2) is 9.37 Å². The zero-order valence-corrected chi connectivity index (χ0v) is 15.8. The highest BCUT2D eigenvalue weighted by atomic mass is 19.1. The van der Waals surface area contributed by atoms with E-state index in [2.05, 4.69) is 21.7 Å². The van der Waals surface area contributed by atoms with Crippen molar-refractivity contribution in [2.75, 3.05) is 13.1 Å². The molecule has 1 amide bonds. The molecule has 1 aromatic heterocycles. The van der Waals surface area contributed by atoms with Crippen LogP contribution in [-0.2, 0) is 17.8 Å². The Morgan fingerprint density at radius 3 is 2.46 bits per heavy atom. The number of halogens is 1. The standard InChI is InChI=1S/C23H24FN3O/c24-21-8-6-18(7-9-21)16-22(28)26-13-10-19(11-14-26)17-27-15-12-25-23(27)20-4-2-1-3-5-20/h1-9,12,15,19H,10-11,13-14,16-17H2. The molecule has 5 heteroatoms. The zero-order valence-electron chi connectivity index (χ0n) is 15.8. The van der Waals surface area contributed by atoms with Crippen molar-refractivity contribution < 1.29 is 9.18 Å². The largest absolute Gasteiger partial charge is 0.342 e. The van der Waals surface area contributed by atoms with Crippen LogP contribution in [0.25, 0.3) is 11.4 Å². The lowest BCUT2D eigenvalue weighted by molar-refractivity contribution is -0.131. The number of aromatic nitrogens is 2. The molecule has 2 heterocycles. The van der Waals surface area contributed by atoms with E-state index in [-0.39, 0.29) is 11.7 Å². The SMILES string of the molecule is O=C(Cc1ccc(F)cc1)N1CCC(Cn2ccnc2-c2ccccc2)CC1. The fourth-order valence-corrected chi connectivity index (χ4v) is 3.84. The van der Waals surface area contributed by atoms with E-state index in [1.807, 2.05) is 35.5 Å². The first-order valence-corrected chi connectivity index (χ1v) is 9.78. The molecule has 1 saturated heterocycles. The maximum atomic E-state index is 13.0. The Labute approximate surface area is 164 Å². The third kappa shape index (κ3) is 4.30. The van der Waals surface area contributed by atoms with Crippen molar-refractivity contribution in [2.24, 2.45) is 5.92 Å². The summed E-state index contributed by atoms with van der Waals surface area (Å²) in [6.45, 7) is 2.48. The predicted octanol–water partition coefficient (Wildman–Crippen LogP) is 4.17. The highest BCUT2D eigenvalue weighted by Crippen LogP contribution is 2.23.